The minimum absolute atomic E-state index is 0.115. The predicted octanol–water partition coefficient (Wildman–Crippen LogP) is 4.41. The van der Waals surface area contributed by atoms with Crippen LogP contribution in [0.1, 0.15) is 30.0 Å². The van der Waals surface area contributed by atoms with Crippen LogP contribution in [-0.4, -0.2) is 12.0 Å². The largest absolute Gasteiger partial charge is 0.481 e. The molecule has 2 aromatic carbocycles. The molecule has 0 saturated heterocycles. The molecular formula is C19H23NO2. The second-order valence-electron chi connectivity index (χ2n) is 5.64. The van der Waals surface area contributed by atoms with Crippen molar-refractivity contribution in [2.45, 2.75) is 40.2 Å². The Labute approximate surface area is 132 Å². The molecule has 0 radical (unpaired) electrons. The molecule has 0 fully saturated rings. The summed E-state index contributed by atoms with van der Waals surface area (Å²) in [5, 5.41) is 2.96. The molecule has 1 atom stereocenters. The van der Waals surface area contributed by atoms with Gasteiger partial charge < -0.3 is 10.1 Å². The van der Waals surface area contributed by atoms with Crippen molar-refractivity contribution >= 4 is 11.6 Å². The lowest BCUT2D eigenvalue weighted by Gasteiger charge is -2.18. The van der Waals surface area contributed by atoms with Gasteiger partial charge in [0.25, 0.3) is 5.91 Å². The molecular weight excluding hydrogens is 274 g/mol. The van der Waals surface area contributed by atoms with Crippen LogP contribution >= 0.6 is 0 Å². The molecule has 1 amide bonds. The SMILES string of the molecule is CC[C@@H](Oc1cccc(C)c1)C(=O)Nc1ccc(C)cc1C. The average molecular weight is 297 g/mol. The van der Waals surface area contributed by atoms with Crippen LogP contribution in [-0.2, 0) is 4.79 Å². The number of ether oxygens (including phenoxy) is 1. The van der Waals surface area contributed by atoms with E-state index in [-0.39, 0.29) is 5.91 Å². The van der Waals surface area contributed by atoms with E-state index in [1.165, 1.54) is 5.56 Å². The Balaban J connectivity index is 2.08. The third-order valence-corrected chi connectivity index (χ3v) is 3.57. The highest BCUT2D eigenvalue weighted by Crippen LogP contribution is 2.19. The van der Waals surface area contributed by atoms with Crippen molar-refractivity contribution in [1.82, 2.24) is 0 Å². The molecule has 0 heterocycles. The van der Waals surface area contributed by atoms with Gasteiger partial charge in [-0.15, -0.1) is 0 Å². The first-order chi connectivity index (χ1) is 10.5. The summed E-state index contributed by atoms with van der Waals surface area (Å²) in [7, 11) is 0. The predicted molar refractivity (Wildman–Crippen MR) is 90.4 cm³/mol. The first-order valence-electron chi connectivity index (χ1n) is 7.61. The van der Waals surface area contributed by atoms with Crippen LogP contribution in [0.5, 0.6) is 5.75 Å². The van der Waals surface area contributed by atoms with Gasteiger partial charge in [-0.3, -0.25) is 4.79 Å². The molecule has 2 aromatic rings. The zero-order valence-electron chi connectivity index (χ0n) is 13.6. The first kappa shape index (κ1) is 16.1. The molecule has 116 valence electrons. The number of anilines is 1. The van der Waals surface area contributed by atoms with Gasteiger partial charge >= 0.3 is 0 Å². The molecule has 0 aliphatic heterocycles. The van der Waals surface area contributed by atoms with Crippen molar-refractivity contribution < 1.29 is 9.53 Å². The lowest BCUT2D eigenvalue weighted by atomic mass is 10.1. The number of hydrogen-bond donors (Lipinski definition) is 1. The lowest BCUT2D eigenvalue weighted by molar-refractivity contribution is -0.122. The summed E-state index contributed by atoms with van der Waals surface area (Å²) in [5.74, 6) is 0.610. The zero-order chi connectivity index (χ0) is 16.1. The topological polar surface area (TPSA) is 38.3 Å². The first-order valence-corrected chi connectivity index (χ1v) is 7.61. The van der Waals surface area contributed by atoms with E-state index in [1.807, 2.05) is 64.1 Å². The van der Waals surface area contributed by atoms with E-state index >= 15 is 0 Å². The van der Waals surface area contributed by atoms with E-state index in [4.69, 9.17) is 4.74 Å². The third-order valence-electron chi connectivity index (χ3n) is 3.57. The highest BCUT2D eigenvalue weighted by atomic mass is 16.5. The van der Waals surface area contributed by atoms with Crippen molar-refractivity contribution in [3.8, 4) is 5.75 Å². The average Bonchev–Trinajstić information content (AvgIpc) is 2.47. The number of nitrogens with one attached hydrogen (secondary N) is 1. The van der Waals surface area contributed by atoms with Gasteiger partial charge in [0.15, 0.2) is 6.10 Å². The van der Waals surface area contributed by atoms with Gasteiger partial charge in [-0.25, -0.2) is 0 Å². The normalized spacial score (nSPS) is 11.8. The number of carbonyl (C=O) groups is 1. The maximum atomic E-state index is 12.4. The van der Waals surface area contributed by atoms with Crippen LogP contribution < -0.4 is 10.1 Å². The van der Waals surface area contributed by atoms with E-state index in [1.54, 1.807) is 0 Å². The summed E-state index contributed by atoms with van der Waals surface area (Å²) in [6.45, 7) is 7.98. The van der Waals surface area contributed by atoms with Gasteiger partial charge in [0.05, 0.1) is 0 Å². The maximum absolute atomic E-state index is 12.4. The Morgan fingerprint density at radius 3 is 2.45 bits per heavy atom. The van der Waals surface area contributed by atoms with Crippen LogP contribution in [0.3, 0.4) is 0 Å². The fraction of sp³-hybridized carbons (Fsp3) is 0.316. The molecule has 3 heteroatoms. The zero-order valence-corrected chi connectivity index (χ0v) is 13.6. The fourth-order valence-electron chi connectivity index (χ4n) is 2.34. The van der Waals surface area contributed by atoms with Crippen LogP contribution in [0.2, 0.25) is 0 Å². The second-order valence-corrected chi connectivity index (χ2v) is 5.64. The van der Waals surface area contributed by atoms with Gasteiger partial charge in [-0.1, -0.05) is 36.8 Å². The Kier molecular flexibility index (Phi) is 5.21. The van der Waals surface area contributed by atoms with Crippen molar-refractivity contribution in [2.75, 3.05) is 5.32 Å². The lowest BCUT2D eigenvalue weighted by Crippen LogP contribution is -2.32. The summed E-state index contributed by atoms with van der Waals surface area (Å²) in [6, 6.07) is 13.7. The number of aryl methyl sites for hydroxylation is 3. The molecule has 0 aliphatic carbocycles. The molecule has 0 unspecified atom stereocenters. The summed E-state index contributed by atoms with van der Waals surface area (Å²) < 4.78 is 5.83. The molecule has 3 nitrogen and oxygen atoms in total. The molecule has 0 bridgehead atoms. The van der Waals surface area contributed by atoms with Crippen LogP contribution in [0.4, 0.5) is 5.69 Å². The molecule has 0 saturated carbocycles. The summed E-state index contributed by atoms with van der Waals surface area (Å²) in [6.07, 6.45) is 0.118. The maximum Gasteiger partial charge on any atom is 0.265 e. The number of hydrogen-bond acceptors (Lipinski definition) is 2. The van der Waals surface area contributed by atoms with Crippen LogP contribution in [0, 0.1) is 20.8 Å². The molecule has 1 N–H and O–H groups in total. The minimum Gasteiger partial charge on any atom is -0.481 e. The van der Waals surface area contributed by atoms with Gasteiger partial charge in [0.2, 0.25) is 0 Å². The minimum atomic E-state index is -0.498. The fourth-order valence-corrected chi connectivity index (χ4v) is 2.34. The van der Waals surface area contributed by atoms with E-state index < -0.39 is 6.10 Å². The van der Waals surface area contributed by atoms with Crippen molar-refractivity contribution in [3.63, 3.8) is 0 Å². The molecule has 22 heavy (non-hydrogen) atoms. The monoisotopic (exact) mass is 297 g/mol. The molecule has 0 spiro atoms. The quantitative estimate of drug-likeness (QED) is 0.888. The van der Waals surface area contributed by atoms with Gasteiger partial charge in [0, 0.05) is 5.69 Å². The number of amides is 1. The van der Waals surface area contributed by atoms with Crippen molar-refractivity contribution in [1.29, 1.82) is 0 Å². The van der Waals surface area contributed by atoms with E-state index in [0.29, 0.717) is 6.42 Å². The van der Waals surface area contributed by atoms with Gasteiger partial charge in [-0.2, -0.15) is 0 Å². The standard InChI is InChI=1S/C19H23NO2/c1-5-18(22-16-8-6-7-13(2)12-16)19(21)20-17-10-9-14(3)11-15(17)4/h6-12,18H,5H2,1-4H3,(H,20,21)/t18-/m1/s1. The Bertz CT molecular complexity index is 664. The highest BCUT2D eigenvalue weighted by molar-refractivity contribution is 5.95. The summed E-state index contributed by atoms with van der Waals surface area (Å²) in [5.41, 5.74) is 4.18. The van der Waals surface area contributed by atoms with Crippen molar-refractivity contribution in [3.05, 3.63) is 59.2 Å². The number of carbonyl (C=O) groups excluding carboxylic acids is 1. The molecule has 0 aliphatic rings. The van der Waals surface area contributed by atoms with E-state index in [0.717, 1.165) is 22.6 Å². The summed E-state index contributed by atoms with van der Waals surface area (Å²) >= 11 is 0. The van der Waals surface area contributed by atoms with Gasteiger partial charge in [0.1, 0.15) is 5.75 Å². The number of benzene rings is 2. The molecule has 2 rings (SSSR count). The Morgan fingerprint density at radius 2 is 1.82 bits per heavy atom. The number of rotatable bonds is 5. The van der Waals surface area contributed by atoms with E-state index in [9.17, 15) is 4.79 Å². The highest BCUT2D eigenvalue weighted by Gasteiger charge is 2.19. The van der Waals surface area contributed by atoms with Gasteiger partial charge in [-0.05, 0) is 56.5 Å². The smallest absolute Gasteiger partial charge is 0.265 e. The van der Waals surface area contributed by atoms with Crippen LogP contribution in [0.15, 0.2) is 42.5 Å². The third kappa shape index (κ3) is 4.10. The Hall–Kier alpha value is -2.29. The second kappa shape index (κ2) is 7.12. The summed E-state index contributed by atoms with van der Waals surface area (Å²) in [4.78, 5) is 12.4. The Morgan fingerprint density at radius 1 is 1.09 bits per heavy atom. The van der Waals surface area contributed by atoms with Crippen molar-refractivity contribution in [2.24, 2.45) is 0 Å². The van der Waals surface area contributed by atoms with E-state index in [2.05, 4.69) is 11.4 Å². The van der Waals surface area contributed by atoms with Crippen LogP contribution in [0.25, 0.3) is 0 Å². The molecule has 0 aromatic heterocycles.